The van der Waals surface area contributed by atoms with Gasteiger partial charge in [-0.15, -0.1) is 0 Å². The molecule has 1 amide bonds. The molecule has 1 aromatic carbocycles. The number of hydrogen-bond acceptors (Lipinski definition) is 3. The first-order valence-corrected chi connectivity index (χ1v) is 4.31. The van der Waals surface area contributed by atoms with E-state index in [9.17, 15) is 4.79 Å². The van der Waals surface area contributed by atoms with Gasteiger partial charge < -0.3 is 0 Å². The topological polar surface area (TPSA) is 64.9 Å². The molecule has 0 heterocycles. The van der Waals surface area contributed by atoms with Gasteiger partial charge in [0.25, 0.3) is 0 Å². The normalized spacial score (nSPS) is 8.86. The number of carbonyl (C=O) groups excluding carboxylic acids is 1. The standard InChI is InChI=1S/C10H11N3O/c1-2-10(14)13-12-9-5-3-8(7-11)4-6-9/h3-6,12H,2H2,1H3,(H,13,14). The molecule has 4 heteroatoms. The number of amides is 1. The molecule has 0 saturated carbocycles. The third-order valence-corrected chi connectivity index (χ3v) is 1.68. The van der Waals surface area contributed by atoms with Gasteiger partial charge in [-0.2, -0.15) is 5.26 Å². The Hall–Kier alpha value is -2.02. The van der Waals surface area contributed by atoms with Gasteiger partial charge in [0, 0.05) is 6.42 Å². The van der Waals surface area contributed by atoms with Crippen LogP contribution in [0.4, 0.5) is 5.69 Å². The fraction of sp³-hybridized carbons (Fsp3) is 0.200. The molecule has 72 valence electrons. The van der Waals surface area contributed by atoms with Crippen LogP contribution in [0.15, 0.2) is 24.3 Å². The Bertz CT molecular complexity index is 351. The lowest BCUT2D eigenvalue weighted by atomic mass is 10.2. The van der Waals surface area contributed by atoms with Gasteiger partial charge in [0.05, 0.1) is 17.3 Å². The van der Waals surface area contributed by atoms with Crippen molar-refractivity contribution in [1.29, 1.82) is 5.26 Å². The van der Waals surface area contributed by atoms with Gasteiger partial charge in [-0.25, -0.2) is 0 Å². The molecule has 0 radical (unpaired) electrons. The zero-order valence-corrected chi connectivity index (χ0v) is 7.87. The van der Waals surface area contributed by atoms with Crippen molar-refractivity contribution < 1.29 is 4.79 Å². The van der Waals surface area contributed by atoms with Crippen LogP contribution in [0.25, 0.3) is 0 Å². The first kappa shape index (κ1) is 10.1. The number of benzene rings is 1. The van der Waals surface area contributed by atoms with Crippen LogP contribution < -0.4 is 10.9 Å². The average molecular weight is 189 g/mol. The molecule has 4 nitrogen and oxygen atoms in total. The van der Waals surface area contributed by atoms with E-state index in [0.29, 0.717) is 12.0 Å². The molecular weight excluding hydrogens is 178 g/mol. The van der Waals surface area contributed by atoms with Gasteiger partial charge in [0.1, 0.15) is 0 Å². The van der Waals surface area contributed by atoms with Crippen LogP contribution in [0.3, 0.4) is 0 Å². The second-order valence-electron chi connectivity index (χ2n) is 2.72. The van der Waals surface area contributed by atoms with E-state index in [1.165, 1.54) is 0 Å². The predicted molar refractivity (Wildman–Crippen MR) is 53.2 cm³/mol. The number of anilines is 1. The molecule has 0 fully saturated rings. The largest absolute Gasteiger partial charge is 0.299 e. The summed E-state index contributed by atoms with van der Waals surface area (Å²) in [4.78, 5) is 10.9. The highest BCUT2D eigenvalue weighted by molar-refractivity contribution is 5.76. The molecule has 0 aliphatic carbocycles. The maximum atomic E-state index is 10.9. The fourth-order valence-corrected chi connectivity index (χ4v) is 0.858. The molecule has 0 saturated heterocycles. The van der Waals surface area contributed by atoms with Gasteiger partial charge in [-0.3, -0.25) is 15.6 Å². The summed E-state index contributed by atoms with van der Waals surface area (Å²) < 4.78 is 0. The van der Waals surface area contributed by atoms with E-state index >= 15 is 0 Å². The smallest absolute Gasteiger partial charge is 0.238 e. The Morgan fingerprint density at radius 2 is 2.07 bits per heavy atom. The number of hydrazine groups is 1. The van der Waals surface area contributed by atoms with Crippen LogP contribution in [0.5, 0.6) is 0 Å². The van der Waals surface area contributed by atoms with Crippen molar-refractivity contribution in [3.05, 3.63) is 29.8 Å². The summed E-state index contributed by atoms with van der Waals surface area (Å²) in [5.41, 5.74) is 6.60. The zero-order valence-electron chi connectivity index (χ0n) is 7.87. The molecule has 0 aromatic heterocycles. The lowest BCUT2D eigenvalue weighted by Gasteiger charge is -2.06. The molecule has 0 spiro atoms. The highest BCUT2D eigenvalue weighted by atomic mass is 16.2. The van der Waals surface area contributed by atoms with Crippen LogP contribution in [-0.4, -0.2) is 5.91 Å². The third kappa shape index (κ3) is 2.79. The lowest BCUT2D eigenvalue weighted by Crippen LogP contribution is -2.28. The van der Waals surface area contributed by atoms with E-state index in [4.69, 9.17) is 5.26 Å². The van der Waals surface area contributed by atoms with Gasteiger partial charge in [-0.1, -0.05) is 6.92 Å². The summed E-state index contributed by atoms with van der Waals surface area (Å²) in [6, 6.07) is 8.84. The summed E-state index contributed by atoms with van der Waals surface area (Å²) in [6.45, 7) is 1.77. The second-order valence-corrected chi connectivity index (χ2v) is 2.72. The van der Waals surface area contributed by atoms with Crippen molar-refractivity contribution in [2.24, 2.45) is 0 Å². The molecule has 0 atom stereocenters. The second kappa shape index (κ2) is 4.87. The Morgan fingerprint density at radius 1 is 1.43 bits per heavy atom. The quantitative estimate of drug-likeness (QED) is 0.706. The first-order chi connectivity index (χ1) is 6.76. The van der Waals surface area contributed by atoms with E-state index in [2.05, 4.69) is 10.9 Å². The number of hydrogen-bond donors (Lipinski definition) is 2. The SMILES string of the molecule is CCC(=O)NNc1ccc(C#N)cc1. The molecule has 0 aliphatic heterocycles. The Labute approximate surface area is 82.5 Å². The summed E-state index contributed by atoms with van der Waals surface area (Å²) >= 11 is 0. The van der Waals surface area contributed by atoms with Crippen LogP contribution in [0.2, 0.25) is 0 Å². The molecule has 0 unspecified atom stereocenters. The van der Waals surface area contributed by atoms with Gasteiger partial charge in [-0.05, 0) is 24.3 Å². The van der Waals surface area contributed by atoms with Crippen molar-refractivity contribution in [3.8, 4) is 6.07 Å². The van der Waals surface area contributed by atoms with Gasteiger partial charge in [0.15, 0.2) is 0 Å². The Balaban J connectivity index is 2.53. The van der Waals surface area contributed by atoms with Crippen molar-refractivity contribution in [3.63, 3.8) is 0 Å². The monoisotopic (exact) mass is 189 g/mol. The van der Waals surface area contributed by atoms with Gasteiger partial charge >= 0.3 is 0 Å². The van der Waals surface area contributed by atoms with E-state index in [1.54, 1.807) is 31.2 Å². The number of carbonyl (C=O) groups is 1. The number of rotatable bonds is 3. The van der Waals surface area contributed by atoms with Crippen molar-refractivity contribution in [1.82, 2.24) is 5.43 Å². The van der Waals surface area contributed by atoms with E-state index in [1.807, 2.05) is 6.07 Å². The van der Waals surface area contributed by atoms with E-state index in [0.717, 1.165) is 5.69 Å². The Kier molecular flexibility index (Phi) is 3.50. The fourth-order valence-electron chi connectivity index (χ4n) is 0.858. The molecule has 0 bridgehead atoms. The van der Waals surface area contributed by atoms with Gasteiger partial charge in [0.2, 0.25) is 5.91 Å². The first-order valence-electron chi connectivity index (χ1n) is 4.31. The molecule has 1 aromatic rings. The van der Waals surface area contributed by atoms with Crippen LogP contribution in [0, 0.1) is 11.3 Å². The van der Waals surface area contributed by atoms with Crippen molar-refractivity contribution in [2.75, 3.05) is 5.43 Å². The number of nitriles is 1. The minimum atomic E-state index is -0.0747. The summed E-state index contributed by atoms with van der Waals surface area (Å²) in [7, 11) is 0. The molecule has 1 rings (SSSR count). The van der Waals surface area contributed by atoms with Crippen LogP contribution >= 0.6 is 0 Å². The summed E-state index contributed by atoms with van der Waals surface area (Å²) in [6.07, 6.45) is 0.434. The minimum absolute atomic E-state index is 0.0747. The zero-order chi connectivity index (χ0) is 10.4. The number of nitrogens with one attached hydrogen (secondary N) is 2. The van der Waals surface area contributed by atoms with Crippen LogP contribution in [0.1, 0.15) is 18.9 Å². The Morgan fingerprint density at radius 3 is 2.57 bits per heavy atom. The molecular formula is C10H11N3O. The van der Waals surface area contributed by atoms with E-state index in [-0.39, 0.29) is 5.91 Å². The highest BCUT2D eigenvalue weighted by Gasteiger charge is 1.95. The maximum Gasteiger partial charge on any atom is 0.238 e. The highest BCUT2D eigenvalue weighted by Crippen LogP contribution is 2.06. The summed E-state index contributed by atoms with van der Waals surface area (Å²) in [5.74, 6) is -0.0747. The lowest BCUT2D eigenvalue weighted by molar-refractivity contribution is -0.120. The molecule has 0 aliphatic rings. The van der Waals surface area contributed by atoms with Crippen LogP contribution in [-0.2, 0) is 4.79 Å². The summed E-state index contributed by atoms with van der Waals surface area (Å²) in [5, 5.41) is 8.54. The molecule has 14 heavy (non-hydrogen) atoms. The third-order valence-electron chi connectivity index (χ3n) is 1.68. The predicted octanol–water partition coefficient (Wildman–Crippen LogP) is 1.41. The molecule has 2 N–H and O–H groups in total. The number of nitrogens with zero attached hydrogens (tertiary/aromatic N) is 1. The minimum Gasteiger partial charge on any atom is -0.299 e. The van der Waals surface area contributed by atoms with Crippen molar-refractivity contribution in [2.45, 2.75) is 13.3 Å². The van der Waals surface area contributed by atoms with E-state index < -0.39 is 0 Å². The maximum absolute atomic E-state index is 10.9. The van der Waals surface area contributed by atoms with Crippen molar-refractivity contribution >= 4 is 11.6 Å². The average Bonchev–Trinajstić information content (AvgIpc) is 2.26.